The Kier molecular flexibility index (Phi) is 6.07. The highest BCUT2D eigenvalue weighted by Crippen LogP contribution is 2.26. The molecule has 2 atom stereocenters. The van der Waals surface area contributed by atoms with Gasteiger partial charge in [0.25, 0.3) is 6.43 Å². The molecule has 2 rings (SSSR count). The molecular formula is C17H22F2N2O4. The van der Waals surface area contributed by atoms with Crippen molar-refractivity contribution in [2.24, 2.45) is 0 Å². The fourth-order valence-electron chi connectivity index (χ4n) is 2.65. The molecule has 1 amide bonds. The molecule has 0 bridgehead atoms. The maximum absolute atomic E-state index is 13.1. The van der Waals surface area contributed by atoms with Gasteiger partial charge in [0.05, 0.1) is 18.2 Å². The van der Waals surface area contributed by atoms with Crippen LogP contribution >= 0.6 is 0 Å². The van der Waals surface area contributed by atoms with Crippen molar-refractivity contribution in [2.75, 3.05) is 19.7 Å². The summed E-state index contributed by atoms with van der Waals surface area (Å²) in [6.45, 7) is 3.78. The zero-order valence-electron chi connectivity index (χ0n) is 14.2. The van der Waals surface area contributed by atoms with Gasteiger partial charge in [0.1, 0.15) is 5.60 Å². The van der Waals surface area contributed by atoms with E-state index in [1.807, 2.05) is 0 Å². The quantitative estimate of drug-likeness (QED) is 0.812. The van der Waals surface area contributed by atoms with Crippen LogP contribution in [0.5, 0.6) is 0 Å². The van der Waals surface area contributed by atoms with Gasteiger partial charge in [-0.05, 0) is 31.5 Å². The number of nitrogens with one attached hydrogen (secondary N) is 1. The van der Waals surface area contributed by atoms with E-state index < -0.39 is 24.0 Å². The van der Waals surface area contributed by atoms with Crippen LogP contribution in [0.15, 0.2) is 24.3 Å². The second kappa shape index (κ2) is 7.88. The second-order valence-electron chi connectivity index (χ2n) is 6.33. The molecular weight excluding hydrogens is 334 g/mol. The Labute approximate surface area is 144 Å². The molecule has 0 aromatic heterocycles. The Hall–Kier alpha value is -2.06. The first-order valence-electron chi connectivity index (χ1n) is 7.99. The number of amides is 1. The molecule has 1 aliphatic heterocycles. The lowest BCUT2D eigenvalue weighted by Crippen LogP contribution is -2.58. The minimum absolute atomic E-state index is 0.0213. The number of halogens is 2. The van der Waals surface area contributed by atoms with Gasteiger partial charge in [-0.2, -0.15) is 0 Å². The van der Waals surface area contributed by atoms with Gasteiger partial charge in [0, 0.05) is 19.6 Å². The number of hydrogen-bond acceptors (Lipinski definition) is 4. The van der Waals surface area contributed by atoms with Gasteiger partial charge in [0.2, 0.25) is 5.91 Å². The highest BCUT2D eigenvalue weighted by atomic mass is 19.3. The third kappa shape index (κ3) is 4.73. The van der Waals surface area contributed by atoms with Crippen LogP contribution < -0.4 is 5.32 Å². The molecule has 0 saturated carbocycles. The Morgan fingerprint density at radius 3 is 2.56 bits per heavy atom. The predicted octanol–water partition coefficient (Wildman–Crippen LogP) is 1.75. The fraction of sp³-hybridized carbons (Fsp3) is 0.529. The molecule has 25 heavy (non-hydrogen) atoms. The maximum atomic E-state index is 13.1. The van der Waals surface area contributed by atoms with Gasteiger partial charge < -0.3 is 15.2 Å². The molecule has 1 aromatic carbocycles. The van der Waals surface area contributed by atoms with E-state index in [-0.39, 0.29) is 31.2 Å². The van der Waals surface area contributed by atoms with Crippen LogP contribution in [0.1, 0.15) is 29.8 Å². The third-order valence-electron chi connectivity index (χ3n) is 4.38. The van der Waals surface area contributed by atoms with Crippen molar-refractivity contribution >= 4 is 11.9 Å². The summed E-state index contributed by atoms with van der Waals surface area (Å²) in [6.07, 6.45) is -2.63. The summed E-state index contributed by atoms with van der Waals surface area (Å²) in [7, 11) is 0. The lowest BCUT2D eigenvalue weighted by molar-refractivity contribution is -0.177. The zero-order chi connectivity index (χ0) is 18.6. The molecule has 0 spiro atoms. The highest BCUT2D eigenvalue weighted by Gasteiger charge is 2.42. The molecule has 6 nitrogen and oxygen atoms in total. The maximum Gasteiger partial charge on any atom is 0.335 e. The summed E-state index contributed by atoms with van der Waals surface area (Å²) >= 11 is 0. The van der Waals surface area contributed by atoms with E-state index in [1.54, 1.807) is 24.0 Å². The average molecular weight is 356 g/mol. The molecule has 2 unspecified atom stereocenters. The molecule has 1 heterocycles. The van der Waals surface area contributed by atoms with E-state index in [0.717, 1.165) is 5.56 Å². The second-order valence-corrected chi connectivity index (χ2v) is 6.33. The van der Waals surface area contributed by atoms with Crippen LogP contribution in [0.25, 0.3) is 0 Å². The monoisotopic (exact) mass is 356 g/mol. The molecule has 0 radical (unpaired) electrons. The largest absolute Gasteiger partial charge is 0.478 e. The van der Waals surface area contributed by atoms with Gasteiger partial charge in [-0.25, -0.2) is 13.6 Å². The minimum atomic E-state index is -2.63. The number of carbonyl (C=O) groups excluding carboxylic acids is 1. The van der Waals surface area contributed by atoms with E-state index in [1.165, 1.54) is 19.1 Å². The number of rotatable bonds is 6. The van der Waals surface area contributed by atoms with E-state index in [9.17, 15) is 18.4 Å². The lowest BCUT2D eigenvalue weighted by atomic mass is 10.0. The highest BCUT2D eigenvalue weighted by molar-refractivity contribution is 5.87. The van der Waals surface area contributed by atoms with E-state index >= 15 is 0 Å². The third-order valence-corrected chi connectivity index (χ3v) is 4.38. The first-order valence-corrected chi connectivity index (χ1v) is 7.99. The van der Waals surface area contributed by atoms with Crippen molar-refractivity contribution in [3.63, 3.8) is 0 Å². The molecule has 2 N–H and O–H groups in total. The van der Waals surface area contributed by atoms with Crippen LogP contribution in [0.3, 0.4) is 0 Å². The predicted molar refractivity (Wildman–Crippen MR) is 86.6 cm³/mol. The summed E-state index contributed by atoms with van der Waals surface area (Å²) in [5.74, 6) is -1.29. The number of aromatic carboxylic acids is 1. The van der Waals surface area contributed by atoms with Crippen molar-refractivity contribution in [1.82, 2.24) is 10.2 Å². The Morgan fingerprint density at radius 2 is 2.00 bits per heavy atom. The van der Waals surface area contributed by atoms with Gasteiger partial charge in [-0.3, -0.25) is 9.69 Å². The van der Waals surface area contributed by atoms with Crippen molar-refractivity contribution in [3.05, 3.63) is 35.4 Å². The number of benzene rings is 1. The summed E-state index contributed by atoms with van der Waals surface area (Å²) < 4.78 is 31.4. The summed E-state index contributed by atoms with van der Waals surface area (Å²) in [5, 5.41) is 11.6. The van der Waals surface area contributed by atoms with Gasteiger partial charge >= 0.3 is 5.97 Å². The molecule has 138 valence electrons. The topological polar surface area (TPSA) is 78.9 Å². The summed E-state index contributed by atoms with van der Waals surface area (Å²) in [5.41, 5.74) is -0.646. The number of morpholine rings is 1. The first-order chi connectivity index (χ1) is 11.7. The standard InChI is InChI=1S/C17H22F2N2O4/c1-11(21-7-8-25-17(2,10-21)16(18)19)14(22)20-9-12-3-5-13(6-4-12)15(23)24/h3-6,11,16H,7-10H2,1-2H3,(H,20,22)(H,23,24). The van der Waals surface area contributed by atoms with Crippen LogP contribution in [-0.2, 0) is 16.1 Å². The summed E-state index contributed by atoms with van der Waals surface area (Å²) in [6, 6.07) is 5.60. The molecule has 1 fully saturated rings. The van der Waals surface area contributed by atoms with Crippen LogP contribution in [0.2, 0.25) is 0 Å². The van der Waals surface area contributed by atoms with Gasteiger partial charge in [0.15, 0.2) is 0 Å². The number of hydrogen-bond donors (Lipinski definition) is 2. The lowest BCUT2D eigenvalue weighted by Gasteiger charge is -2.41. The van der Waals surface area contributed by atoms with Crippen molar-refractivity contribution in [2.45, 2.75) is 38.5 Å². The Bertz CT molecular complexity index is 624. The van der Waals surface area contributed by atoms with Gasteiger partial charge in [-0.1, -0.05) is 12.1 Å². The minimum Gasteiger partial charge on any atom is -0.478 e. The number of alkyl halides is 2. The average Bonchev–Trinajstić information content (AvgIpc) is 2.59. The van der Waals surface area contributed by atoms with Crippen LogP contribution in [0, 0.1) is 0 Å². The van der Waals surface area contributed by atoms with Crippen LogP contribution in [0.4, 0.5) is 8.78 Å². The number of carbonyl (C=O) groups is 2. The SMILES string of the molecule is CC(C(=O)NCc1ccc(C(=O)O)cc1)N1CCOC(C)(C(F)F)C1. The Balaban J connectivity index is 1.90. The molecule has 1 aliphatic rings. The Morgan fingerprint density at radius 1 is 1.36 bits per heavy atom. The van der Waals surface area contributed by atoms with E-state index in [2.05, 4.69) is 5.32 Å². The molecule has 1 aromatic rings. The van der Waals surface area contributed by atoms with E-state index in [4.69, 9.17) is 9.84 Å². The van der Waals surface area contributed by atoms with Crippen LogP contribution in [-0.4, -0.2) is 59.6 Å². The van der Waals surface area contributed by atoms with Crippen molar-refractivity contribution < 1.29 is 28.2 Å². The smallest absolute Gasteiger partial charge is 0.335 e. The number of carboxylic acids is 1. The van der Waals surface area contributed by atoms with Gasteiger partial charge in [-0.15, -0.1) is 0 Å². The zero-order valence-corrected chi connectivity index (χ0v) is 14.2. The summed E-state index contributed by atoms with van der Waals surface area (Å²) in [4.78, 5) is 24.8. The number of ether oxygens (including phenoxy) is 1. The number of nitrogens with zero attached hydrogens (tertiary/aromatic N) is 1. The number of carboxylic acid groups (broad SMARTS) is 1. The molecule has 1 saturated heterocycles. The normalized spacial score (nSPS) is 22.6. The first kappa shape index (κ1) is 19.3. The van der Waals surface area contributed by atoms with Crippen molar-refractivity contribution in [1.29, 1.82) is 0 Å². The molecule has 0 aliphatic carbocycles. The van der Waals surface area contributed by atoms with Crippen molar-refractivity contribution in [3.8, 4) is 0 Å². The fourth-order valence-corrected chi connectivity index (χ4v) is 2.65. The molecule has 8 heteroatoms. The van der Waals surface area contributed by atoms with E-state index in [0.29, 0.717) is 6.54 Å².